The Morgan fingerprint density at radius 3 is 2.54 bits per heavy atom. The third-order valence-electron chi connectivity index (χ3n) is 5.26. The van der Waals surface area contributed by atoms with E-state index in [9.17, 15) is 13.5 Å². The molecule has 3 unspecified atom stereocenters. The average molecular weight is 384 g/mol. The van der Waals surface area contributed by atoms with Crippen LogP contribution in [0.25, 0.3) is 0 Å². The van der Waals surface area contributed by atoms with Crippen LogP contribution in [-0.4, -0.2) is 76.0 Å². The Balaban J connectivity index is 1.50. The van der Waals surface area contributed by atoms with Gasteiger partial charge in [-0.1, -0.05) is 17.7 Å². The molecule has 0 aliphatic carbocycles. The summed E-state index contributed by atoms with van der Waals surface area (Å²) in [6, 6.07) is 6.89. The molecule has 1 aromatic carbocycles. The fourth-order valence-electron chi connectivity index (χ4n) is 3.48. The van der Waals surface area contributed by atoms with E-state index in [4.69, 9.17) is 4.74 Å². The summed E-state index contributed by atoms with van der Waals surface area (Å²) >= 11 is 0. The standard InChI is InChI=1S/C18H29N3O4S/c1-13-3-5-15(6-4-13)26(23,24)19-11-17-18(22)16(12-25-17)20-14-7-9-21(2)10-8-14/h3-6,14,16-20,22H,7-12H2,1-2H3. The van der Waals surface area contributed by atoms with Gasteiger partial charge >= 0.3 is 0 Å². The van der Waals surface area contributed by atoms with Crippen molar-refractivity contribution in [2.45, 2.75) is 49.0 Å². The highest BCUT2D eigenvalue weighted by atomic mass is 32.2. The van der Waals surface area contributed by atoms with Crippen molar-refractivity contribution in [3.63, 3.8) is 0 Å². The van der Waals surface area contributed by atoms with Crippen molar-refractivity contribution in [1.82, 2.24) is 14.9 Å². The second-order valence-corrected chi connectivity index (χ2v) is 9.14. The van der Waals surface area contributed by atoms with Crippen molar-refractivity contribution in [2.24, 2.45) is 0 Å². The first-order valence-corrected chi connectivity index (χ1v) is 10.6. The van der Waals surface area contributed by atoms with E-state index in [2.05, 4.69) is 22.0 Å². The van der Waals surface area contributed by atoms with Crippen LogP contribution in [0.3, 0.4) is 0 Å². The molecular weight excluding hydrogens is 354 g/mol. The van der Waals surface area contributed by atoms with E-state index in [1.807, 2.05) is 6.92 Å². The largest absolute Gasteiger partial charge is 0.389 e. The molecule has 0 saturated carbocycles. The number of aryl methyl sites for hydroxylation is 1. The summed E-state index contributed by atoms with van der Waals surface area (Å²) in [6.07, 6.45) is 0.823. The van der Waals surface area contributed by atoms with E-state index < -0.39 is 22.2 Å². The van der Waals surface area contributed by atoms with Gasteiger partial charge in [0.25, 0.3) is 0 Å². The van der Waals surface area contributed by atoms with E-state index in [0.29, 0.717) is 12.6 Å². The zero-order chi connectivity index (χ0) is 18.7. The predicted octanol–water partition coefficient (Wildman–Crippen LogP) is 0.0854. The average Bonchev–Trinajstić information content (AvgIpc) is 2.96. The fourth-order valence-corrected chi connectivity index (χ4v) is 4.53. The van der Waals surface area contributed by atoms with Crippen molar-refractivity contribution in [3.05, 3.63) is 29.8 Å². The van der Waals surface area contributed by atoms with Crippen molar-refractivity contribution >= 4 is 10.0 Å². The first kappa shape index (κ1) is 19.7. The molecule has 2 heterocycles. The lowest BCUT2D eigenvalue weighted by Gasteiger charge is -2.32. The third-order valence-corrected chi connectivity index (χ3v) is 6.70. The number of aliphatic hydroxyl groups excluding tert-OH is 1. The van der Waals surface area contributed by atoms with Crippen LogP contribution < -0.4 is 10.0 Å². The number of nitrogens with zero attached hydrogens (tertiary/aromatic N) is 1. The summed E-state index contributed by atoms with van der Waals surface area (Å²) in [7, 11) is -1.49. The van der Waals surface area contributed by atoms with Crippen LogP contribution in [0.2, 0.25) is 0 Å². The van der Waals surface area contributed by atoms with Crippen LogP contribution in [0.15, 0.2) is 29.2 Å². The Morgan fingerprint density at radius 1 is 1.23 bits per heavy atom. The smallest absolute Gasteiger partial charge is 0.240 e. The topological polar surface area (TPSA) is 90.9 Å². The number of ether oxygens (including phenoxy) is 1. The molecule has 2 saturated heterocycles. The zero-order valence-corrected chi connectivity index (χ0v) is 16.2. The molecule has 3 atom stereocenters. The van der Waals surface area contributed by atoms with Gasteiger partial charge in [0.2, 0.25) is 10.0 Å². The van der Waals surface area contributed by atoms with Crippen molar-refractivity contribution < 1.29 is 18.3 Å². The second kappa shape index (κ2) is 8.33. The number of likely N-dealkylation sites (tertiary alicyclic amines) is 1. The molecule has 0 spiro atoms. The Kier molecular flexibility index (Phi) is 6.32. The third kappa shape index (κ3) is 4.82. The summed E-state index contributed by atoms with van der Waals surface area (Å²) in [4.78, 5) is 2.51. The maximum absolute atomic E-state index is 12.4. The summed E-state index contributed by atoms with van der Waals surface area (Å²) < 4.78 is 32.9. The minimum atomic E-state index is -3.61. The Bertz CT molecular complexity index is 687. The molecule has 3 N–H and O–H groups in total. The Labute approximate surface area is 155 Å². The molecule has 2 aliphatic heterocycles. The van der Waals surface area contributed by atoms with Crippen molar-refractivity contribution in [3.8, 4) is 0 Å². The van der Waals surface area contributed by atoms with Crippen LogP contribution in [0, 0.1) is 6.92 Å². The minimum absolute atomic E-state index is 0.0585. The van der Waals surface area contributed by atoms with Gasteiger partial charge in [0.15, 0.2) is 0 Å². The zero-order valence-electron chi connectivity index (χ0n) is 15.4. The van der Waals surface area contributed by atoms with Crippen LogP contribution in [0.1, 0.15) is 18.4 Å². The molecule has 146 valence electrons. The number of hydrogen-bond donors (Lipinski definition) is 3. The maximum atomic E-state index is 12.4. The second-order valence-electron chi connectivity index (χ2n) is 7.38. The van der Waals surface area contributed by atoms with E-state index in [-0.39, 0.29) is 17.5 Å². The molecule has 0 aromatic heterocycles. The Morgan fingerprint density at radius 2 is 1.88 bits per heavy atom. The molecule has 7 nitrogen and oxygen atoms in total. The molecule has 2 fully saturated rings. The highest BCUT2D eigenvalue weighted by Gasteiger charge is 2.37. The summed E-state index contributed by atoms with van der Waals surface area (Å²) in [6.45, 7) is 4.44. The first-order valence-electron chi connectivity index (χ1n) is 9.16. The molecule has 0 radical (unpaired) electrons. The molecule has 2 aliphatic rings. The molecular formula is C18H29N3O4S. The van der Waals surface area contributed by atoms with E-state index in [0.717, 1.165) is 31.5 Å². The lowest BCUT2D eigenvalue weighted by atomic mass is 10.0. The number of sulfonamides is 1. The summed E-state index contributed by atoms with van der Waals surface area (Å²) in [5, 5.41) is 14.0. The minimum Gasteiger partial charge on any atom is -0.389 e. The van der Waals surface area contributed by atoms with Gasteiger partial charge in [0, 0.05) is 12.6 Å². The van der Waals surface area contributed by atoms with E-state index in [1.54, 1.807) is 24.3 Å². The van der Waals surface area contributed by atoms with Gasteiger partial charge in [-0.15, -0.1) is 0 Å². The molecule has 8 heteroatoms. The van der Waals surface area contributed by atoms with Crippen molar-refractivity contribution in [2.75, 3.05) is 33.3 Å². The van der Waals surface area contributed by atoms with Crippen LogP contribution in [0.4, 0.5) is 0 Å². The first-order chi connectivity index (χ1) is 12.3. The number of rotatable bonds is 6. The van der Waals surface area contributed by atoms with Gasteiger partial charge in [0.1, 0.15) is 0 Å². The quantitative estimate of drug-likeness (QED) is 0.645. The van der Waals surface area contributed by atoms with Gasteiger partial charge < -0.3 is 20.1 Å². The fraction of sp³-hybridized carbons (Fsp3) is 0.667. The highest BCUT2D eigenvalue weighted by Crippen LogP contribution is 2.18. The number of hydrogen-bond acceptors (Lipinski definition) is 6. The van der Waals surface area contributed by atoms with Gasteiger partial charge in [-0.2, -0.15) is 0 Å². The molecule has 0 bridgehead atoms. The molecule has 0 amide bonds. The van der Waals surface area contributed by atoms with E-state index >= 15 is 0 Å². The van der Waals surface area contributed by atoms with Gasteiger partial charge in [0.05, 0.1) is 29.8 Å². The molecule has 26 heavy (non-hydrogen) atoms. The summed E-state index contributed by atoms with van der Waals surface area (Å²) in [5.74, 6) is 0. The van der Waals surface area contributed by atoms with Gasteiger partial charge in [-0.05, 0) is 52.0 Å². The number of aliphatic hydroxyl groups is 1. The lowest BCUT2D eigenvalue weighted by Crippen LogP contribution is -2.51. The SMILES string of the molecule is Cc1ccc(S(=O)(=O)NCC2OCC(NC3CCN(C)CC3)C2O)cc1. The van der Waals surface area contributed by atoms with Gasteiger partial charge in [-0.25, -0.2) is 13.1 Å². The van der Waals surface area contributed by atoms with Crippen LogP contribution in [-0.2, 0) is 14.8 Å². The van der Waals surface area contributed by atoms with Crippen molar-refractivity contribution in [1.29, 1.82) is 0 Å². The number of piperidine rings is 1. The highest BCUT2D eigenvalue weighted by molar-refractivity contribution is 7.89. The van der Waals surface area contributed by atoms with Crippen LogP contribution >= 0.6 is 0 Å². The van der Waals surface area contributed by atoms with Crippen LogP contribution in [0.5, 0.6) is 0 Å². The van der Waals surface area contributed by atoms with E-state index in [1.165, 1.54) is 0 Å². The number of nitrogens with one attached hydrogen (secondary N) is 2. The molecule has 1 aromatic rings. The monoisotopic (exact) mass is 383 g/mol. The number of benzene rings is 1. The maximum Gasteiger partial charge on any atom is 0.240 e. The summed E-state index contributed by atoms with van der Waals surface area (Å²) in [5.41, 5.74) is 1.00. The van der Waals surface area contributed by atoms with Gasteiger partial charge in [-0.3, -0.25) is 0 Å². The molecule has 3 rings (SSSR count). The Hall–Kier alpha value is -1.03. The predicted molar refractivity (Wildman–Crippen MR) is 99.6 cm³/mol. The lowest BCUT2D eigenvalue weighted by molar-refractivity contribution is 0.0437. The normalized spacial score (nSPS) is 28.5.